The van der Waals surface area contributed by atoms with E-state index < -0.39 is 0 Å². The molecule has 1 aliphatic rings. The zero-order valence-corrected chi connectivity index (χ0v) is 7.98. The van der Waals surface area contributed by atoms with Crippen LogP contribution in [0.1, 0.15) is 27.2 Å². The number of amides is 1. The third-order valence-corrected chi connectivity index (χ3v) is 1.98. The summed E-state index contributed by atoms with van der Waals surface area (Å²) < 4.78 is 0. The van der Waals surface area contributed by atoms with Gasteiger partial charge in [-0.25, -0.2) is 0 Å². The van der Waals surface area contributed by atoms with Crippen LogP contribution in [-0.4, -0.2) is 22.9 Å². The van der Waals surface area contributed by atoms with Crippen LogP contribution in [0.2, 0.25) is 0 Å². The van der Waals surface area contributed by atoms with Crippen molar-refractivity contribution >= 4 is 5.91 Å². The Hall–Kier alpha value is -0.990. The minimum absolute atomic E-state index is 0.0464. The fourth-order valence-electron chi connectivity index (χ4n) is 1.38. The lowest BCUT2D eigenvalue weighted by Crippen LogP contribution is -2.50. The molecule has 0 radical (unpaired) electrons. The molecule has 3 nitrogen and oxygen atoms in total. The molecule has 0 saturated carbocycles. The van der Waals surface area contributed by atoms with Crippen LogP contribution in [0.4, 0.5) is 0 Å². The van der Waals surface area contributed by atoms with Crippen molar-refractivity contribution in [3.63, 3.8) is 0 Å². The molecule has 1 N–H and O–H groups in total. The van der Waals surface area contributed by atoms with Crippen molar-refractivity contribution < 1.29 is 4.79 Å². The van der Waals surface area contributed by atoms with Gasteiger partial charge in [0.1, 0.15) is 5.82 Å². The molecule has 0 aromatic carbocycles. The molecule has 3 heteroatoms. The van der Waals surface area contributed by atoms with E-state index in [-0.39, 0.29) is 11.4 Å². The van der Waals surface area contributed by atoms with Crippen LogP contribution >= 0.6 is 0 Å². The van der Waals surface area contributed by atoms with Crippen LogP contribution in [0.15, 0.2) is 12.4 Å². The smallest absolute Gasteiger partial charge is 0.227 e. The maximum atomic E-state index is 10.9. The Kier molecular flexibility index (Phi) is 2.13. The molecule has 1 amide bonds. The number of carbonyl (C=O) groups is 1. The van der Waals surface area contributed by atoms with Gasteiger partial charge in [-0.2, -0.15) is 0 Å². The predicted octanol–water partition coefficient (Wildman–Crippen LogP) is 1.08. The van der Waals surface area contributed by atoms with Crippen LogP contribution in [-0.2, 0) is 4.79 Å². The highest BCUT2D eigenvalue weighted by Crippen LogP contribution is 2.19. The Balaban J connectivity index is 2.69. The molecule has 1 saturated heterocycles. The Labute approximate surface area is 73.4 Å². The highest BCUT2D eigenvalue weighted by molar-refractivity contribution is 5.78. The molecule has 1 rings (SSSR count). The third-order valence-electron chi connectivity index (χ3n) is 1.98. The molecule has 12 heavy (non-hydrogen) atoms. The second kappa shape index (κ2) is 2.81. The van der Waals surface area contributed by atoms with Crippen molar-refractivity contribution in [2.24, 2.45) is 0 Å². The zero-order chi connectivity index (χ0) is 9.35. The summed E-state index contributed by atoms with van der Waals surface area (Å²) in [5.41, 5.74) is 0.0464. The number of nitrogens with one attached hydrogen (secondary N) is 1. The zero-order valence-electron chi connectivity index (χ0n) is 7.98. The fraction of sp³-hybridized carbons (Fsp3) is 0.667. The summed E-state index contributed by atoms with van der Waals surface area (Å²) in [7, 11) is 0. The average molecular weight is 168 g/mol. The van der Waals surface area contributed by atoms with E-state index in [1.165, 1.54) is 0 Å². The first-order valence-corrected chi connectivity index (χ1v) is 4.17. The minimum Gasteiger partial charge on any atom is -0.353 e. The number of nitrogens with zero attached hydrogens (tertiary/aromatic N) is 1. The highest BCUT2D eigenvalue weighted by atomic mass is 16.2. The second-order valence-electron chi connectivity index (χ2n) is 4.07. The van der Waals surface area contributed by atoms with Crippen LogP contribution in [0.3, 0.4) is 0 Å². The van der Waals surface area contributed by atoms with Gasteiger partial charge < -0.3 is 10.2 Å². The summed E-state index contributed by atoms with van der Waals surface area (Å²) in [6.45, 7) is 10.9. The predicted molar refractivity (Wildman–Crippen MR) is 48.4 cm³/mol. The molecule has 0 bridgehead atoms. The summed E-state index contributed by atoms with van der Waals surface area (Å²) in [6.07, 6.45) is 0.566. The number of rotatable bonds is 0. The summed E-state index contributed by atoms with van der Waals surface area (Å²) in [5, 5.41) is 2.73. The monoisotopic (exact) mass is 168 g/mol. The molecule has 0 atom stereocenters. The quantitative estimate of drug-likeness (QED) is 0.587. The Bertz CT molecular complexity index is 215. The molecular weight excluding hydrogens is 152 g/mol. The van der Waals surface area contributed by atoms with E-state index in [0.29, 0.717) is 6.42 Å². The van der Waals surface area contributed by atoms with E-state index in [1.807, 2.05) is 0 Å². The first kappa shape index (κ1) is 9.10. The largest absolute Gasteiger partial charge is 0.353 e. The number of hydrogen-bond acceptors (Lipinski definition) is 2. The van der Waals surface area contributed by atoms with Gasteiger partial charge in [-0.1, -0.05) is 6.58 Å². The van der Waals surface area contributed by atoms with E-state index in [0.717, 1.165) is 12.4 Å². The van der Waals surface area contributed by atoms with Crippen LogP contribution in [0.25, 0.3) is 0 Å². The standard InChI is InChI=1S/C9H16N2O/c1-7-10-8(12)5-6-11(7)9(2,3)4/h1,5-6H2,2-4H3,(H,10,12). The van der Waals surface area contributed by atoms with Gasteiger partial charge in [-0.05, 0) is 20.8 Å². The van der Waals surface area contributed by atoms with Crippen molar-refractivity contribution in [2.45, 2.75) is 32.7 Å². The van der Waals surface area contributed by atoms with E-state index in [4.69, 9.17) is 0 Å². The van der Waals surface area contributed by atoms with Gasteiger partial charge in [-0.15, -0.1) is 0 Å². The van der Waals surface area contributed by atoms with Gasteiger partial charge in [-0.3, -0.25) is 4.79 Å². The Morgan fingerprint density at radius 1 is 1.50 bits per heavy atom. The van der Waals surface area contributed by atoms with Gasteiger partial charge >= 0.3 is 0 Å². The van der Waals surface area contributed by atoms with Crippen molar-refractivity contribution in [3.8, 4) is 0 Å². The van der Waals surface area contributed by atoms with Gasteiger partial charge in [0, 0.05) is 18.5 Å². The molecule has 0 aliphatic carbocycles. The first-order chi connectivity index (χ1) is 5.41. The van der Waals surface area contributed by atoms with Crippen LogP contribution < -0.4 is 5.32 Å². The van der Waals surface area contributed by atoms with Crippen molar-refractivity contribution in [1.29, 1.82) is 0 Å². The maximum absolute atomic E-state index is 10.9. The van der Waals surface area contributed by atoms with Crippen molar-refractivity contribution in [3.05, 3.63) is 12.4 Å². The molecule has 68 valence electrons. The molecule has 0 aromatic rings. The molecule has 1 fully saturated rings. The third kappa shape index (κ3) is 1.78. The van der Waals surface area contributed by atoms with E-state index in [1.54, 1.807) is 0 Å². The first-order valence-electron chi connectivity index (χ1n) is 4.17. The molecular formula is C9H16N2O. The normalized spacial score (nSPS) is 19.4. The van der Waals surface area contributed by atoms with Gasteiger partial charge in [0.2, 0.25) is 5.91 Å². The molecule has 0 unspecified atom stereocenters. The fourth-order valence-corrected chi connectivity index (χ4v) is 1.38. The molecule has 0 aromatic heterocycles. The Morgan fingerprint density at radius 2 is 2.08 bits per heavy atom. The average Bonchev–Trinajstić information content (AvgIpc) is 1.83. The van der Waals surface area contributed by atoms with Gasteiger partial charge in [0.05, 0.1) is 0 Å². The summed E-state index contributed by atoms with van der Waals surface area (Å²) >= 11 is 0. The van der Waals surface area contributed by atoms with Gasteiger partial charge in [0.15, 0.2) is 0 Å². The summed E-state index contributed by atoms with van der Waals surface area (Å²) in [4.78, 5) is 13.1. The van der Waals surface area contributed by atoms with Crippen LogP contribution in [0.5, 0.6) is 0 Å². The lowest BCUT2D eigenvalue weighted by molar-refractivity contribution is -0.123. The van der Waals surface area contributed by atoms with E-state index in [2.05, 4.69) is 37.6 Å². The highest BCUT2D eigenvalue weighted by Gasteiger charge is 2.27. The maximum Gasteiger partial charge on any atom is 0.227 e. The lowest BCUT2D eigenvalue weighted by Gasteiger charge is -2.41. The topological polar surface area (TPSA) is 32.3 Å². The molecule has 1 heterocycles. The second-order valence-corrected chi connectivity index (χ2v) is 4.07. The summed E-state index contributed by atoms with van der Waals surface area (Å²) in [5.74, 6) is 0.791. The van der Waals surface area contributed by atoms with Crippen molar-refractivity contribution in [1.82, 2.24) is 10.2 Å². The Morgan fingerprint density at radius 3 is 2.50 bits per heavy atom. The molecule has 0 spiro atoms. The minimum atomic E-state index is 0.0464. The molecule has 1 aliphatic heterocycles. The van der Waals surface area contributed by atoms with Crippen LogP contribution in [0, 0.1) is 0 Å². The van der Waals surface area contributed by atoms with E-state index >= 15 is 0 Å². The number of carbonyl (C=O) groups excluding carboxylic acids is 1. The van der Waals surface area contributed by atoms with Gasteiger partial charge in [0.25, 0.3) is 0 Å². The lowest BCUT2D eigenvalue weighted by atomic mass is 10.0. The number of hydrogen-bond donors (Lipinski definition) is 1. The summed E-state index contributed by atoms with van der Waals surface area (Å²) in [6, 6.07) is 0. The van der Waals surface area contributed by atoms with Crippen molar-refractivity contribution in [2.75, 3.05) is 6.54 Å². The SMILES string of the molecule is C=C1NC(=O)CCN1C(C)(C)C. The van der Waals surface area contributed by atoms with E-state index in [9.17, 15) is 4.79 Å².